The maximum Gasteiger partial charge on any atom is 0.311 e. The van der Waals surface area contributed by atoms with Crippen LogP contribution in [-0.4, -0.2) is 25.0 Å². The van der Waals surface area contributed by atoms with E-state index in [1.807, 2.05) is 13.8 Å². The Bertz CT molecular complexity index is 355. The number of unbranched alkanes of at least 4 members (excludes halogenated alkanes) is 2. The van der Waals surface area contributed by atoms with E-state index in [1.54, 1.807) is 0 Å². The van der Waals surface area contributed by atoms with Gasteiger partial charge in [0.25, 0.3) is 5.92 Å². The number of halogens is 2. The van der Waals surface area contributed by atoms with Crippen LogP contribution >= 0.6 is 12.8 Å². The highest BCUT2D eigenvalue weighted by Crippen LogP contribution is 2.50. The molecule has 138 valence electrons. The van der Waals surface area contributed by atoms with E-state index in [9.17, 15) is 13.6 Å². The summed E-state index contributed by atoms with van der Waals surface area (Å²) in [5.41, 5.74) is -1.46. The van der Waals surface area contributed by atoms with Gasteiger partial charge in [-0.05, 0) is 12.8 Å². The summed E-state index contributed by atoms with van der Waals surface area (Å²) in [6.45, 7) is 6.98. The molecular weight excluding hydrogens is 320 g/mol. The second-order valence-electron chi connectivity index (χ2n) is 6.46. The summed E-state index contributed by atoms with van der Waals surface area (Å²) in [7, 11) is 1.26. The van der Waals surface area contributed by atoms with Gasteiger partial charge in [-0.3, -0.25) is 9.52 Å². The van der Waals surface area contributed by atoms with Crippen LogP contribution in [0.1, 0.15) is 72.6 Å². The van der Waals surface area contributed by atoms with Crippen LogP contribution in [0, 0.1) is 11.3 Å². The Kier molecular flexibility index (Phi) is 10.3. The predicted octanol–water partition coefficient (Wildman–Crippen LogP) is 5.01. The molecule has 3 nitrogen and oxygen atoms in total. The molecule has 0 heterocycles. The number of thiol groups is 1. The zero-order valence-electron chi connectivity index (χ0n) is 15.1. The van der Waals surface area contributed by atoms with Gasteiger partial charge in [-0.1, -0.05) is 66.2 Å². The summed E-state index contributed by atoms with van der Waals surface area (Å²) < 4.78 is 37.3. The number of carbonyl (C=O) groups excluding carboxylic acids is 1. The summed E-state index contributed by atoms with van der Waals surface area (Å²) in [5, 5.41) is 0. The van der Waals surface area contributed by atoms with Crippen LogP contribution in [0.2, 0.25) is 0 Å². The van der Waals surface area contributed by atoms with Gasteiger partial charge in [-0.15, -0.1) is 0 Å². The molecule has 1 N–H and O–H groups in total. The first kappa shape index (κ1) is 22.6. The van der Waals surface area contributed by atoms with Crippen molar-refractivity contribution in [3.05, 3.63) is 0 Å². The number of carbonyl (C=O) groups is 1. The van der Waals surface area contributed by atoms with E-state index in [2.05, 4.69) is 17.5 Å². The number of esters is 1. The molecule has 0 aliphatic carbocycles. The highest BCUT2D eigenvalue weighted by molar-refractivity contribution is 7.78. The van der Waals surface area contributed by atoms with Crippen molar-refractivity contribution >= 4 is 18.8 Å². The normalized spacial score (nSPS) is 17.4. The van der Waals surface area contributed by atoms with Crippen molar-refractivity contribution in [1.29, 1.82) is 0 Å². The first-order valence-corrected chi connectivity index (χ1v) is 9.05. The largest absolute Gasteiger partial charge is 0.469 e. The van der Waals surface area contributed by atoms with Gasteiger partial charge in [0.15, 0.2) is 0 Å². The zero-order chi connectivity index (χ0) is 18.1. The Morgan fingerprint density at radius 1 is 1.22 bits per heavy atom. The van der Waals surface area contributed by atoms with E-state index in [0.29, 0.717) is 12.8 Å². The Hall–Kier alpha value is -0.360. The molecule has 0 aromatic heterocycles. The number of alkyl halides is 2. The summed E-state index contributed by atoms with van der Waals surface area (Å²) in [4.78, 5) is 12.4. The molecule has 0 saturated carbocycles. The van der Waals surface area contributed by atoms with E-state index in [-0.39, 0.29) is 12.8 Å². The first-order chi connectivity index (χ1) is 10.8. The summed E-state index contributed by atoms with van der Waals surface area (Å²) in [5.74, 6) is -4.46. The Morgan fingerprint density at radius 3 is 2.17 bits per heavy atom. The standard InChI is InChI=1S/C17H33F2NO2S/c1-6-9-11-13(20-23)14(15(21)22-5)16(4,12-10-7-2)17(18,19)8-3/h13-14,20,23H,6-12H2,1-5H3. The first-order valence-electron chi connectivity index (χ1n) is 8.60. The zero-order valence-corrected chi connectivity index (χ0v) is 16.0. The number of hydrogen-bond donors (Lipinski definition) is 2. The number of ether oxygens (including phenoxy) is 1. The minimum Gasteiger partial charge on any atom is -0.469 e. The Balaban J connectivity index is 5.85. The fraction of sp³-hybridized carbons (Fsp3) is 0.941. The third kappa shape index (κ3) is 5.59. The van der Waals surface area contributed by atoms with Crippen molar-refractivity contribution in [1.82, 2.24) is 4.72 Å². The summed E-state index contributed by atoms with van der Waals surface area (Å²) in [6.07, 6.45) is 3.81. The quantitative estimate of drug-likeness (QED) is 0.382. The molecule has 23 heavy (non-hydrogen) atoms. The van der Waals surface area contributed by atoms with Crippen LogP contribution in [0.5, 0.6) is 0 Å². The lowest BCUT2D eigenvalue weighted by molar-refractivity contribution is -0.181. The molecule has 0 fully saturated rings. The maximum absolute atomic E-state index is 14.8. The lowest BCUT2D eigenvalue weighted by Crippen LogP contribution is -2.54. The van der Waals surface area contributed by atoms with Gasteiger partial charge in [0.1, 0.15) is 0 Å². The van der Waals surface area contributed by atoms with Gasteiger partial charge >= 0.3 is 5.97 Å². The highest BCUT2D eigenvalue weighted by atomic mass is 32.1. The van der Waals surface area contributed by atoms with Gasteiger partial charge < -0.3 is 4.74 Å². The van der Waals surface area contributed by atoms with Crippen LogP contribution < -0.4 is 4.72 Å². The van der Waals surface area contributed by atoms with Gasteiger partial charge in [0.2, 0.25) is 0 Å². The minimum absolute atomic E-state index is 0.280. The molecule has 0 spiro atoms. The van der Waals surface area contributed by atoms with Crippen LogP contribution in [0.15, 0.2) is 0 Å². The fourth-order valence-electron chi connectivity index (χ4n) is 3.24. The Labute approximate surface area is 145 Å². The van der Waals surface area contributed by atoms with Gasteiger partial charge in [0, 0.05) is 17.9 Å². The van der Waals surface area contributed by atoms with Crippen molar-refractivity contribution in [2.75, 3.05) is 7.11 Å². The lowest BCUT2D eigenvalue weighted by atomic mass is 9.64. The van der Waals surface area contributed by atoms with E-state index >= 15 is 0 Å². The summed E-state index contributed by atoms with van der Waals surface area (Å²) >= 11 is 4.11. The van der Waals surface area contributed by atoms with Crippen molar-refractivity contribution in [3.63, 3.8) is 0 Å². The Morgan fingerprint density at radius 2 is 1.78 bits per heavy atom. The van der Waals surface area contributed by atoms with Gasteiger partial charge in [0.05, 0.1) is 13.0 Å². The van der Waals surface area contributed by atoms with E-state index in [0.717, 1.165) is 19.3 Å². The fourth-order valence-corrected chi connectivity index (χ4v) is 3.52. The monoisotopic (exact) mass is 353 g/mol. The molecule has 3 atom stereocenters. The maximum atomic E-state index is 14.8. The molecule has 3 unspecified atom stereocenters. The van der Waals surface area contributed by atoms with Crippen molar-refractivity contribution in [3.8, 4) is 0 Å². The molecule has 0 aromatic carbocycles. The molecule has 6 heteroatoms. The predicted molar refractivity (Wildman–Crippen MR) is 93.8 cm³/mol. The van der Waals surface area contributed by atoms with Crippen molar-refractivity contribution in [2.24, 2.45) is 11.3 Å². The molecule has 0 radical (unpaired) electrons. The number of hydrogen-bond acceptors (Lipinski definition) is 4. The highest BCUT2D eigenvalue weighted by Gasteiger charge is 2.57. The molecule has 0 bridgehead atoms. The van der Waals surface area contributed by atoms with Crippen LogP contribution in [0.3, 0.4) is 0 Å². The van der Waals surface area contributed by atoms with Crippen LogP contribution in [0.4, 0.5) is 8.78 Å². The molecule has 0 aliphatic rings. The number of methoxy groups -OCH3 is 1. The third-order valence-electron chi connectivity index (χ3n) is 4.91. The molecule has 0 rings (SSSR count). The van der Waals surface area contributed by atoms with E-state index in [1.165, 1.54) is 21.0 Å². The topological polar surface area (TPSA) is 38.3 Å². The number of nitrogens with one attached hydrogen (secondary N) is 1. The van der Waals surface area contributed by atoms with Crippen molar-refractivity contribution < 1.29 is 18.3 Å². The average molecular weight is 354 g/mol. The molecular formula is C17H33F2NO2S. The summed E-state index contributed by atoms with van der Waals surface area (Å²) in [6, 6.07) is -0.440. The van der Waals surface area contributed by atoms with Gasteiger partial charge in [-0.25, -0.2) is 8.78 Å². The smallest absolute Gasteiger partial charge is 0.311 e. The minimum atomic E-state index is -2.95. The third-order valence-corrected chi connectivity index (χ3v) is 5.24. The number of rotatable bonds is 12. The van der Waals surface area contributed by atoms with Crippen LogP contribution in [0.25, 0.3) is 0 Å². The average Bonchev–Trinajstić information content (AvgIpc) is 2.55. The molecule has 0 saturated heterocycles. The SMILES string of the molecule is CCCCC(NS)C(C(=O)OC)C(C)(CCCC)C(F)(F)CC. The lowest BCUT2D eigenvalue weighted by Gasteiger charge is -2.45. The molecule has 0 aliphatic heterocycles. The van der Waals surface area contributed by atoms with E-state index in [4.69, 9.17) is 4.74 Å². The van der Waals surface area contributed by atoms with Crippen LogP contribution in [-0.2, 0) is 9.53 Å². The molecule has 0 aromatic rings. The van der Waals surface area contributed by atoms with E-state index < -0.39 is 29.3 Å². The molecule has 0 amide bonds. The second-order valence-corrected chi connectivity index (χ2v) is 6.72. The second kappa shape index (κ2) is 10.5. The van der Waals surface area contributed by atoms with Crippen molar-refractivity contribution in [2.45, 2.75) is 84.6 Å². The van der Waals surface area contributed by atoms with Gasteiger partial charge in [-0.2, -0.15) is 0 Å².